The first-order valence-electron chi connectivity index (χ1n) is 11.3. The molecule has 4 rings (SSSR count). The van der Waals surface area contributed by atoms with Crippen molar-refractivity contribution in [1.29, 1.82) is 0 Å². The van der Waals surface area contributed by atoms with Crippen LogP contribution in [0.3, 0.4) is 0 Å². The van der Waals surface area contributed by atoms with E-state index in [0.29, 0.717) is 24.0 Å². The minimum Gasteiger partial charge on any atom is -0.396 e. The summed E-state index contributed by atoms with van der Waals surface area (Å²) >= 11 is 0. The fourth-order valence-electron chi connectivity index (χ4n) is 5.15. The van der Waals surface area contributed by atoms with E-state index in [0.717, 1.165) is 25.0 Å². The number of nitrogens with zero attached hydrogens (tertiary/aromatic N) is 1. The zero-order valence-corrected chi connectivity index (χ0v) is 19.5. The molecule has 1 saturated carbocycles. The number of hydrogen-bond acceptors (Lipinski definition) is 4. The Labute approximate surface area is 193 Å². The molecule has 1 aliphatic heterocycles. The van der Waals surface area contributed by atoms with Crippen LogP contribution in [0.1, 0.15) is 43.2 Å². The third kappa shape index (κ3) is 4.30. The van der Waals surface area contributed by atoms with Crippen molar-refractivity contribution in [3.63, 3.8) is 0 Å². The highest BCUT2D eigenvalue weighted by Gasteiger charge is 2.52. The van der Waals surface area contributed by atoms with Crippen LogP contribution < -0.4 is 0 Å². The molecule has 2 aromatic carbocycles. The molecule has 5 nitrogen and oxygen atoms in total. The predicted octanol–water partition coefficient (Wildman–Crippen LogP) is 3.97. The highest BCUT2D eigenvalue weighted by molar-refractivity contribution is 7.92. The van der Waals surface area contributed by atoms with Crippen molar-refractivity contribution in [2.45, 2.75) is 48.7 Å². The number of carbonyl (C=O) groups is 1. The standard InChI is InChI=1S/C25H29F2NO4S/c1-17-2-7-20(14-23(17)27)25(33(31,32)22-10-8-21(26)9-11-22)12-13-28(16-25)24(30)19-5-3-18(15-29)4-6-19/h2,7-11,14,18-19,29H,3-6,12-13,15-16H2,1H3/t18?,19?,25-/m0/s1. The zero-order valence-electron chi connectivity index (χ0n) is 18.6. The Hall–Kier alpha value is -2.32. The lowest BCUT2D eigenvalue weighted by Gasteiger charge is -2.32. The van der Waals surface area contributed by atoms with Crippen LogP contribution in [0.4, 0.5) is 8.78 Å². The minimum atomic E-state index is -4.07. The van der Waals surface area contributed by atoms with E-state index in [-0.39, 0.29) is 48.8 Å². The first kappa shape index (κ1) is 23.8. The van der Waals surface area contributed by atoms with Crippen molar-refractivity contribution in [3.05, 3.63) is 65.2 Å². The first-order valence-corrected chi connectivity index (χ1v) is 12.8. The van der Waals surface area contributed by atoms with E-state index < -0.39 is 26.2 Å². The van der Waals surface area contributed by atoms with E-state index in [1.165, 1.54) is 18.2 Å². The van der Waals surface area contributed by atoms with Gasteiger partial charge in [-0.05, 0) is 86.4 Å². The molecular formula is C25H29F2NO4S. The lowest BCUT2D eigenvalue weighted by atomic mass is 9.82. The van der Waals surface area contributed by atoms with E-state index in [9.17, 15) is 27.1 Å². The van der Waals surface area contributed by atoms with Gasteiger partial charge in [0.05, 0.1) is 4.90 Å². The van der Waals surface area contributed by atoms with Crippen LogP contribution >= 0.6 is 0 Å². The molecule has 1 amide bonds. The van der Waals surface area contributed by atoms with Crippen molar-refractivity contribution in [1.82, 2.24) is 4.90 Å². The third-order valence-corrected chi connectivity index (χ3v) is 9.82. The molecule has 2 fully saturated rings. The summed E-state index contributed by atoms with van der Waals surface area (Å²) in [4.78, 5) is 14.8. The molecule has 1 N–H and O–H groups in total. The second-order valence-electron chi connectivity index (χ2n) is 9.33. The van der Waals surface area contributed by atoms with Gasteiger partial charge in [0, 0.05) is 25.6 Å². The Morgan fingerprint density at radius 1 is 1.09 bits per heavy atom. The number of benzene rings is 2. The number of aliphatic hydroxyl groups excluding tert-OH is 1. The van der Waals surface area contributed by atoms with E-state index in [1.54, 1.807) is 24.0 Å². The van der Waals surface area contributed by atoms with Gasteiger partial charge in [-0.25, -0.2) is 17.2 Å². The number of hydrogen-bond donors (Lipinski definition) is 1. The molecule has 8 heteroatoms. The van der Waals surface area contributed by atoms with Crippen molar-refractivity contribution < 1.29 is 27.1 Å². The summed E-state index contributed by atoms with van der Waals surface area (Å²) in [6, 6.07) is 9.03. The summed E-state index contributed by atoms with van der Waals surface area (Å²) in [7, 11) is -4.07. The van der Waals surface area contributed by atoms with Crippen molar-refractivity contribution in [3.8, 4) is 0 Å². The Morgan fingerprint density at radius 2 is 1.76 bits per heavy atom. The predicted molar refractivity (Wildman–Crippen MR) is 120 cm³/mol. The van der Waals surface area contributed by atoms with Crippen molar-refractivity contribution in [2.24, 2.45) is 11.8 Å². The number of aliphatic hydroxyl groups is 1. The fourth-order valence-corrected chi connectivity index (χ4v) is 7.21. The molecule has 2 aromatic rings. The second kappa shape index (κ2) is 9.14. The fraction of sp³-hybridized carbons (Fsp3) is 0.480. The number of rotatable bonds is 5. The lowest BCUT2D eigenvalue weighted by Crippen LogP contribution is -2.42. The van der Waals surface area contributed by atoms with Gasteiger partial charge in [0.25, 0.3) is 0 Å². The average Bonchev–Trinajstić information content (AvgIpc) is 3.28. The molecule has 1 aliphatic carbocycles. The van der Waals surface area contributed by atoms with E-state index in [2.05, 4.69) is 0 Å². The van der Waals surface area contributed by atoms with Crippen LogP contribution in [-0.4, -0.2) is 44.0 Å². The quantitative estimate of drug-likeness (QED) is 0.662. The van der Waals surface area contributed by atoms with E-state index in [1.807, 2.05) is 0 Å². The minimum absolute atomic E-state index is 0.0531. The maximum atomic E-state index is 14.5. The summed E-state index contributed by atoms with van der Waals surface area (Å²) in [6.45, 7) is 1.89. The topological polar surface area (TPSA) is 74.7 Å². The number of likely N-dealkylation sites (tertiary alicyclic amines) is 1. The molecule has 0 unspecified atom stereocenters. The van der Waals surface area contributed by atoms with Gasteiger partial charge in [0.15, 0.2) is 9.84 Å². The summed E-state index contributed by atoms with van der Waals surface area (Å²) in [6.07, 6.45) is 2.99. The first-order chi connectivity index (χ1) is 15.7. The number of amides is 1. The monoisotopic (exact) mass is 477 g/mol. The molecule has 0 aromatic heterocycles. The highest BCUT2D eigenvalue weighted by atomic mass is 32.2. The molecule has 1 heterocycles. The molecule has 178 valence electrons. The van der Waals surface area contributed by atoms with Crippen molar-refractivity contribution >= 4 is 15.7 Å². The van der Waals surface area contributed by atoms with Crippen molar-refractivity contribution in [2.75, 3.05) is 19.7 Å². The van der Waals surface area contributed by atoms with Crippen LogP contribution in [0.25, 0.3) is 0 Å². The summed E-state index contributed by atoms with van der Waals surface area (Å²) in [5.74, 6) is -1.14. The summed E-state index contributed by atoms with van der Waals surface area (Å²) < 4.78 is 54.2. The van der Waals surface area contributed by atoms with Crippen LogP contribution in [0, 0.1) is 30.4 Å². The van der Waals surface area contributed by atoms with Gasteiger partial charge >= 0.3 is 0 Å². The number of carbonyl (C=O) groups excluding carboxylic acids is 1. The van der Waals surface area contributed by atoms with Crippen LogP contribution in [0.5, 0.6) is 0 Å². The summed E-state index contributed by atoms with van der Waals surface area (Å²) in [5, 5.41) is 9.36. The molecule has 1 atom stereocenters. The van der Waals surface area contributed by atoms with Gasteiger partial charge < -0.3 is 10.0 Å². The third-order valence-electron chi connectivity index (χ3n) is 7.33. The highest BCUT2D eigenvalue weighted by Crippen LogP contribution is 2.44. The Bertz CT molecular complexity index is 1130. The van der Waals surface area contributed by atoms with E-state index in [4.69, 9.17) is 0 Å². The molecule has 0 spiro atoms. The average molecular weight is 478 g/mol. The molecule has 0 radical (unpaired) electrons. The molecule has 33 heavy (non-hydrogen) atoms. The Kier molecular flexibility index (Phi) is 6.60. The Morgan fingerprint density at radius 3 is 2.36 bits per heavy atom. The van der Waals surface area contributed by atoms with Crippen LogP contribution in [0.2, 0.25) is 0 Å². The van der Waals surface area contributed by atoms with Gasteiger partial charge in [-0.3, -0.25) is 4.79 Å². The smallest absolute Gasteiger partial charge is 0.225 e. The maximum Gasteiger partial charge on any atom is 0.225 e. The van der Waals surface area contributed by atoms with Gasteiger partial charge in [-0.1, -0.05) is 12.1 Å². The second-order valence-corrected chi connectivity index (χ2v) is 11.6. The Balaban J connectivity index is 1.70. The van der Waals surface area contributed by atoms with Gasteiger partial charge in [0.1, 0.15) is 16.4 Å². The van der Waals surface area contributed by atoms with Crippen LogP contribution in [-0.2, 0) is 19.4 Å². The lowest BCUT2D eigenvalue weighted by molar-refractivity contribution is -0.136. The normalized spacial score (nSPS) is 25.9. The number of aryl methyl sites for hydroxylation is 1. The SMILES string of the molecule is Cc1ccc([C@]2(S(=O)(=O)c3ccc(F)cc3)CCN(C(=O)C3CCC(CO)CC3)C2)cc1F. The van der Waals surface area contributed by atoms with Gasteiger partial charge in [-0.15, -0.1) is 0 Å². The number of halogens is 2. The van der Waals surface area contributed by atoms with Gasteiger partial charge in [0.2, 0.25) is 5.91 Å². The van der Waals surface area contributed by atoms with E-state index >= 15 is 0 Å². The maximum absolute atomic E-state index is 14.5. The van der Waals surface area contributed by atoms with Crippen LogP contribution in [0.15, 0.2) is 47.4 Å². The molecule has 0 bridgehead atoms. The molecular weight excluding hydrogens is 448 g/mol. The largest absolute Gasteiger partial charge is 0.396 e. The number of sulfone groups is 1. The molecule has 1 saturated heterocycles. The zero-order chi connectivity index (χ0) is 23.8. The van der Waals surface area contributed by atoms with Gasteiger partial charge in [-0.2, -0.15) is 0 Å². The summed E-state index contributed by atoms with van der Waals surface area (Å²) in [5.41, 5.74) is 0.703. The molecule has 2 aliphatic rings.